The fourth-order valence-corrected chi connectivity index (χ4v) is 4.44. The van der Waals surface area contributed by atoms with E-state index in [0.717, 1.165) is 47.2 Å². The quantitative estimate of drug-likeness (QED) is 0.255. The van der Waals surface area contributed by atoms with Gasteiger partial charge in [0.25, 0.3) is 0 Å². The van der Waals surface area contributed by atoms with E-state index in [2.05, 4.69) is 11.9 Å². The second-order valence-corrected chi connectivity index (χ2v) is 8.40. The molecule has 0 amide bonds. The molecule has 0 aliphatic heterocycles. The zero-order valence-electron chi connectivity index (χ0n) is 17.7. The molecule has 2 aromatic carbocycles. The number of ether oxygens (including phenoxy) is 1. The van der Waals surface area contributed by atoms with Crippen molar-refractivity contribution in [3.05, 3.63) is 63.8 Å². The van der Waals surface area contributed by atoms with Gasteiger partial charge in [-0.05, 0) is 42.7 Å². The van der Waals surface area contributed by atoms with Gasteiger partial charge in [-0.25, -0.2) is 9.78 Å². The number of hydrogen-bond donors (Lipinski definition) is 1. The van der Waals surface area contributed by atoms with Gasteiger partial charge in [0.05, 0.1) is 18.4 Å². The minimum Gasteiger partial charge on any atom is -0.508 e. The van der Waals surface area contributed by atoms with Crippen LogP contribution in [-0.2, 0) is 6.42 Å². The van der Waals surface area contributed by atoms with Crippen molar-refractivity contribution in [3.63, 3.8) is 0 Å². The van der Waals surface area contributed by atoms with Gasteiger partial charge in [0.2, 0.25) is 0 Å². The van der Waals surface area contributed by atoms with Gasteiger partial charge in [-0.3, -0.25) is 0 Å². The summed E-state index contributed by atoms with van der Waals surface area (Å²) in [6, 6.07) is 12.9. The van der Waals surface area contributed by atoms with Gasteiger partial charge in [0.1, 0.15) is 22.1 Å². The Morgan fingerprint density at radius 3 is 2.81 bits per heavy atom. The SMILES string of the molecule is CCCCCCc1cc2cc(-c3nc(-c4cccc(OC)c4)cs3)c(=O)oc2cc1O. The third kappa shape index (κ3) is 4.64. The van der Waals surface area contributed by atoms with E-state index in [4.69, 9.17) is 9.15 Å². The van der Waals surface area contributed by atoms with Crippen LogP contribution in [0.15, 0.2) is 57.1 Å². The van der Waals surface area contributed by atoms with Crippen molar-refractivity contribution < 1.29 is 14.3 Å². The van der Waals surface area contributed by atoms with Crippen LogP contribution >= 0.6 is 11.3 Å². The number of phenolic OH excluding ortho intramolecular Hbond substituents is 1. The van der Waals surface area contributed by atoms with Gasteiger partial charge in [-0.1, -0.05) is 38.3 Å². The van der Waals surface area contributed by atoms with Crippen LogP contribution in [0.2, 0.25) is 0 Å². The summed E-state index contributed by atoms with van der Waals surface area (Å²) in [4.78, 5) is 17.3. The number of benzene rings is 2. The molecule has 0 saturated heterocycles. The number of hydrogen-bond acceptors (Lipinski definition) is 6. The lowest BCUT2D eigenvalue weighted by molar-refractivity contribution is 0.415. The van der Waals surface area contributed by atoms with Crippen molar-refractivity contribution >= 4 is 22.3 Å². The van der Waals surface area contributed by atoms with E-state index < -0.39 is 5.63 Å². The van der Waals surface area contributed by atoms with Crippen molar-refractivity contribution in [1.29, 1.82) is 0 Å². The molecule has 2 heterocycles. The molecule has 0 atom stereocenters. The lowest BCUT2D eigenvalue weighted by atomic mass is 10.0. The normalized spacial score (nSPS) is 11.2. The number of aromatic hydroxyl groups is 1. The highest BCUT2D eigenvalue weighted by atomic mass is 32.1. The van der Waals surface area contributed by atoms with Crippen LogP contribution in [0, 0.1) is 0 Å². The Bertz CT molecular complexity index is 1260. The molecule has 4 rings (SSSR count). The number of phenols is 1. The van der Waals surface area contributed by atoms with Crippen molar-refractivity contribution in [2.75, 3.05) is 7.11 Å². The van der Waals surface area contributed by atoms with Crippen LogP contribution in [0.3, 0.4) is 0 Å². The van der Waals surface area contributed by atoms with Gasteiger partial charge >= 0.3 is 5.63 Å². The number of fused-ring (bicyclic) bond motifs is 1. The summed E-state index contributed by atoms with van der Waals surface area (Å²) in [5.74, 6) is 0.929. The first-order valence-corrected chi connectivity index (χ1v) is 11.4. The molecule has 5 nitrogen and oxygen atoms in total. The number of unbranched alkanes of at least 4 members (excludes halogenated alkanes) is 3. The van der Waals surface area contributed by atoms with Crippen LogP contribution in [0.25, 0.3) is 32.8 Å². The Labute approximate surface area is 185 Å². The molecular formula is C25H25NO4S. The lowest BCUT2D eigenvalue weighted by Gasteiger charge is -2.07. The summed E-state index contributed by atoms with van der Waals surface area (Å²) in [7, 11) is 1.63. The molecule has 0 aliphatic rings. The third-order valence-corrected chi connectivity index (χ3v) is 6.21. The second kappa shape index (κ2) is 9.35. The molecule has 1 N–H and O–H groups in total. The maximum Gasteiger partial charge on any atom is 0.346 e. The van der Waals surface area contributed by atoms with E-state index >= 15 is 0 Å². The van der Waals surface area contributed by atoms with Gasteiger partial charge in [0, 0.05) is 22.4 Å². The number of methoxy groups -OCH3 is 1. The smallest absolute Gasteiger partial charge is 0.346 e. The van der Waals surface area contributed by atoms with E-state index in [1.54, 1.807) is 13.2 Å². The van der Waals surface area contributed by atoms with E-state index in [9.17, 15) is 9.90 Å². The lowest BCUT2D eigenvalue weighted by Crippen LogP contribution is -2.03. The molecule has 0 aliphatic carbocycles. The summed E-state index contributed by atoms with van der Waals surface area (Å²) in [6.45, 7) is 2.18. The first-order chi connectivity index (χ1) is 15.1. The maximum atomic E-state index is 12.6. The molecule has 31 heavy (non-hydrogen) atoms. The van der Waals surface area contributed by atoms with Crippen LogP contribution in [-0.4, -0.2) is 17.2 Å². The predicted octanol–water partition coefficient (Wildman–Crippen LogP) is 6.42. The van der Waals surface area contributed by atoms with E-state index in [-0.39, 0.29) is 5.75 Å². The number of aryl methyl sites for hydroxylation is 1. The van der Waals surface area contributed by atoms with Crippen molar-refractivity contribution in [1.82, 2.24) is 4.98 Å². The van der Waals surface area contributed by atoms with E-state index in [1.807, 2.05) is 41.8 Å². The summed E-state index contributed by atoms with van der Waals surface area (Å²) < 4.78 is 10.8. The highest BCUT2D eigenvalue weighted by Gasteiger charge is 2.15. The molecule has 160 valence electrons. The van der Waals surface area contributed by atoms with Gasteiger partial charge in [0.15, 0.2) is 0 Å². The average Bonchev–Trinajstić information content (AvgIpc) is 3.27. The Morgan fingerprint density at radius 1 is 1.13 bits per heavy atom. The van der Waals surface area contributed by atoms with Crippen LogP contribution < -0.4 is 10.4 Å². The molecule has 0 fully saturated rings. The van der Waals surface area contributed by atoms with Crippen LogP contribution in [0.1, 0.15) is 38.2 Å². The number of thiazole rings is 1. The Hall–Kier alpha value is -3.12. The minimum atomic E-state index is -0.464. The molecule has 2 aromatic heterocycles. The molecule has 0 radical (unpaired) electrons. The predicted molar refractivity (Wildman–Crippen MR) is 125 cm³/mol. The molecule has 6 heteroatoms. The first-order valence-electron chi connectivity index (χ1n) is 10.5. The number of aromatic nitrogens is 1. The van der Waals surface area contributed by atoms with Crippen molar-refractivity contribution in [3.8, 4) is 33.3 Å². The van der Waals surface area contributed by atoms with Gasteiger partial charge < -0.3 is 14.3 Å². The molecular weight excluding hydrogens is 410 g/mol. The number of nitrogens with zero attached hydrogens (tertiary/aromatic N) is 1. The molecule has 0 saturated carbocycles. The molecule has 4 aromatic rings. The summed E-state index contributed by atoms with van der Waals surface area (Å²) in [6.07, 6.45) is 5.31. The zero-order chi connectivity index (χ0) is 21.8. The Morgan fingerprint density at radius 2 is 2.00 bits per heavy atom. The largest absolute Gasteiger partial charge is 0.508 e. The molecule has 0 bridgehead atoms. The average molecular weight is 436 g/mol. The first kappa shape index (κ1) is 21.1. The monoisotopic (exact) mass is 435 g/mol. The molecule has 0 spiro atoms. The summed E-state index contributed by atoms with van der Waals surface area (Å²) >= 11 is 1.40. The standard InChI is InChI=1S/C25H25NO4S/c1-3-4-5-6-8-17-11-18-13-20(25(28)30-23(18)14-22(17)27)24-26-21(15-31-24)16-9-7-10-19(12-16)29-2/h7,9-15,27H,3-6,8H2,1-2H3. The third-order valence-electron chi connectivity index (χ3n) is 5.33. The highest BCUT2D eigenvalue weighted by Crippen LogP contribution is 2.32. The second-order valence-electron chi connectivity index (χ2n) is 7.55. The highest BCUT2D eigenvalue weighted by molar-refractivity contribution is 7.13. The van der Waals surface area contributed by atoms with Crippen molar-refractivity contribution in [2.24, 2.45) is 0 Å². The van der Waals surface area contributed by atoms with Crippen LogP contribution in [0.5, 0.6) is 11.5 Å². The van der Waals surface area contributed by atoms with Crippen molar-refractivity contribution in [2.45, 2.75) is 39.0 Å². The number of rotatable bonds is 8. The van der Waals surface area contributed by atoms with Gasteiger partial charge in [-0.15, -0.1) is 11.3 Å². The fourth-order valence-electron chi connectivity index (χ4n) is 3.61. The minimum absolute atomic E-state index is 0.175. The van der Waals surface area contributed by atoms with Crippen LogP contribution in [0.4, 0.5) is 0 Å². The topological polar surface area (TPSA) is 72.6 Å². The van der Waals surface area contributed by atoms with E-state index in [0.29, 0.717) is 16.2 Å². The summed E-state index contributed by atoms with van der Waals surface area (Å²) in [5.41, 5.74) is 2.92. The van der Waals surface area contributed by atoms with Gasteiger partial charge in [-0.2, -0.15) is 0 Å². The fraction of sp³-hybridized carbons (Fsp3) is 0.280. The maximum absolute atomic E-state index is 12.6. The Balaban J connectivity index is 1.67. The van der Waals surface area contributed by atoms with E-state index in [1.165, 1.54) is 24.2 Å². The zero-order valence-corrected chi connectivity index (χ0v) is 18.5. The summed E-state index contributed by atoms with van der Waals surface area (Å²) in [5, 5.41) is 13.6. The Kier molecular flexibility index (Phi) is 6.37. The molecule has 0 unspecified atom stereocenters.